The molecule has 14 nitrogen and oxygen atoms in total. The number of benzene rings is 2. The predicted molar refractivity (Wildman–Crippen MR) is 261 cm³/mol. The Bertz CT molecular complexity index is 2890. The Morgan fingerprint density at radius 2 is 1.00 bits per heavy atom. The summed E-state index contributed by atoms with van der Waals surface area (Å²) in [7, 11) is 0. The second kappa shape index (κ2) is 24.4. The normalized spacial score (nSPS) is 14.8. The maximum atomic E-state index is 14.8. The maximum absolute atomic E-state index is 14.8. The number of Topliss-reactive ketones (excluding diaryl/α,β-unsaturated/α-hetero) is 2. The number of aliphatic carboxylic acids is 2. The number of carboxylic acid groups (broad SMARTS) is 2. The zero-order valence-electron chi connectivity index (χ0n) is 43.3. The van der Waals surface area contributed by atoms with Gasteiger partial charge in [-0.05, 0) is 92.2 Å². The van der Waals surface area contributed by atoms with E-state index >= 15 is 0 Å². The van der Waals surface area contributed by atoms with Crippen LogP contribution in [-0.2, 0) is 43.9 Å². The molecule has 1 N–H and O–H groups in total. The Hall–Kier alpha value is -5.28. The van der Waals surface area contributed by atoms with Gasteiger partial charge in [-0.2, -0.15) is 17.6 Å². The topological polar surface area (TPSA) is 216 Å². The molecule has 0 aliphatic heterocycles. The molecule has 408 valence electrons. The summed E-state index contributed by atoms with van der Waals surface area (Å²) in [5.74, 6) is -13.1. The van der Waals surface area contributed by atoms with Crippen molar-refractivity contribution in [3.8, 4) is 22.9 Å². The van der Waals surface area contributed by atoms with Gasteiger partial charge in [-0.15, -0.1) is 0 Å². The molecule has 0 bridgehead atoms. The Balaban J connectivity index is 0.000000246. The number of aromatic nitrogens is 4. The third kappa shape index (κ3) is 14.7. The minimum Gasteiger partial charge on any atom is -0.550 e. The van der Waals surface area contributed by atoms with E-state index in [-0.39, 0.29) is 148 Å². The van der Waals surface area contributed by atoms with Gasteiger partial charge in [0.05, 0.1) is 11.4 Å². The minimum absolute atomic E-state index is 0. The van der Waals surface area contributed by atoms with Crippen LogP contribution < -0.4 is 34.7 Å². The second-order valence-corrected chi connectivity index (χ2v) is 22.4. The third-order valence-electron chi connectivity index (χ3n) is 13.4. The maximum Gasteiger partial charge on any atom is 1.00 e. The van der Waals surface area contributed by atoms with Gasteiger partial charge >= 0.3 is 47.4 Å². The van der Waals surface area contributed by atoms with E-state index in [4.69, 9.17) is 41.3 Å². The number of halogens is 8. The molecule has 2 saturated carbocycles. The number of rotatable bonds is 22. The van der Waals surface area contributed by atoms with Crippen molar-refractivity contribution in [3.05, 3.63) is 115 Å². The van der Waals surface area contributed by atoms with Gasteiger partial charge in [-0.1, -0.05) is 97.5 Å². The molecular weight excluding hydrogens is 1070 g/mol. The summed E-state index contributed by atoms with van der Waals surface area (Å²) in [6.45, 7) is 8.30. The molecule has 77 heavy (non-hydrogen) atoms. The molecule has 4 heterocycles. The van der Waals surface area contributed by atoms with Crippen LogP contribution in [0.3, 0.4) is 0 Å². The summed E-state index contributed by atoms with van der Waals surface area (Å²) in [4.78, 5) is 48.4. The molecule has 2 aliphatic rings. The van der Waals surface area contributed by atoms with Gasteiger partial charge in [0.1, 0.15) is 23.2 Å². The molecule has 2 fully saturated rings. The summed E-state index contributed by atoms with van der Waals surface area (Å²) < 4.78 is 109. The number of hydrogen-bond acceptors (Lipinski definition) is 13. The molecule has 2 aliphatic carbocycles. The molecule has 4 aromatic heterocycles. The van der Waals surface area contributed by atoms with Crippen molar-refractivity contribution in [2.75, 3.05) is 0 Å². The smallest absolute Gasteiger partial charge is 0.550 e. The van der Waals surface area contributed by atoms with E-state index in [0.717, 1.165) is 49.9 Å². The monoisotopic (exact) mass is 1130 g/mol. The molecule has 0 spiro atoms. The van der Waals surface area contributed by atoms with E-state index in [0.29, 0.717) is 22.5 Å². The molecule has 2 aromatic carbocycles. The summed E-state index contributed by atoms with van der Waals surface area (Å²) in [6, 6.07) is 10.3. The van der Waals surface area contributed by atoms with Crippen molar-refractivity contribution in [2.24, 2.45) is 10.8 Å². The van der Waals surface area contributed by atoms with E-state index in [2.05, 4.69) is 20.6 Å². The standard InChI is InChI=1S/2C27H28ClF3N2O5.Na/c2*1-26(2,3)27(30,31)21-13-20(32-37-21)25-23(14-4-5-14)24(33-38-25)16(7-9-22(35)36)11-18(34)10-15-6-8-17(28)12-19(15)29;/h2*6,8,12-14,16H,4-5,7,9-11H2,1-3H3,(H,35,36);/q;;+1/p-1/t2*16-;/m00./s1. The summed E-state index contributed by atoms with van der Waals surface area (Å²) >= 11 is 11.6. The van der Waals surface area contributed by atoms with E-state index < -0.39 is 69.6 Å². The van der Waals surface area contributed by atoms with Gasteiger partial charge in [0.15, 0.2) is 22.9 Å². The first-order chi connectivity index (χ1) is 35.5. The Kier molecular flexibility index (Phi) is 19.3. The first kappa shape index (κ1) is 60.9. The number of carbonyl (C=O) groups excluding carboxylic acids is 3. The van der Waals surface area contributed by atoms with Gasteiger partial charge in [0, 0.05) is 94.0 Å². The fourth-order valence-electron chi connectivity index (χ4n) is 8.62. The van der Waals surface area contributed by atoms with Crippen molar-refractivity contribution in [1.29, 1.82) is 0 Å². The second-order valence-electron chi connectivity index (χ2n) is 21.5. The molecule has 8 rings (SSSR count). The number of ketones is 2. The van der Waals surface area contributed by atoms with Crippen molar-refractivity contribution in [2.45, 2.75) is 154 Å². The van der Waals surface area contributed by atoms with Gasteiger partial charge in [0.25, 0.3) is 0 Å². The first-order valence-corrected chi connectivity index (χ1v) is 25.3. The van der Waals surface area contributed by atoms with Crippen LogP contribution in [0.25, 0.3) is 22.9 Å². The van der Waals surface area contributed by atoms with Crippen LogP contribution in [0.1, 0.15) is 175 Å². The van der Waals surface area contributed by atoms with Crippen molar-refractivity contribution in [1.82, 2.24) is 20.6 Å². The Labute approximate surface area is 471 Å². The van der Waals surface area contributed by atoms with Gasteiger partial charge in [0.2, 0.25) is 11.5 Å². The van der Waals surface area contributed by atoms with Crippen LogP contribution >= 0.6 is 23.2 Å². The van der Waals surface area contributed by atoms with Crippen molar-refractivity contribution < 1.29 is 103 Å². The molecule has 0 saturated heterocycles. The molecule has 2 atom stereocenters. The van der Waals surface area contributed by atoms with E-state index in [1.165, 1.54) is 65.8 Å². The third-order valence-corrected chi connectivity index (χ3v) is 13.9. The number of carbonyl (C=O) groups is 4. The quantitative estimate of drug-likeness (QED) is 0.0495. The molecule has 0 radical (unpaired) electrons. The minimum atomic E-state index is -3.30. The van der Waals surface area contributed by atoms with E-state index in [1.807, 2.05) is 0 Å². The van der Waals surface area contributed by atoms with Crippen LogP contribution in [0.5, 0.6) is 0 Å². The van der Waals surface area contributed by atoms with Crippen molar-refractivity contribution >= 4 is 46.7 Å². The van der Waals surface area contributed by atoms with E-state index in [9.17, 15) is 55.7 Å². The Morgan fingerprint density at radius 3 is 1.32 bits per heavy atom. The van der Waals surface area contributed by atoms with Crippen LogP contribution in [0, 0.1) is 22.5 Å². The van der Waals surface area contributed by atoms with Crippen LogP contribution in [-0.4, -0.2) is 49.2 Å². The number of alkyl halides is 4. The number of hydrogen-bond donors (Lipinski definition) is 1. The van der Waals surface area contributed by atoms with Crippen LogP contribution in [0.15, 0.2) is 66.6 Å². The average molecular weight is 1130 g/mol. The molecule has 6 aromatic rings. The van der Waals surface area contributed by atoms with Crippen molar-refractivity contribution in [3.63, 3.8) is 0 Å². The fourth-order valence-corrected chi connectivity index (χ4v) is 8.94. The zero-order valence-corrected chi connectivity index (χ0v) is 46.9. The van der Waals surface area contributed by atoms with Gasteiger partial charge in [-0.25, -0.2) is 8.78 Å². The average Bonchev–Trinajstić information content (AvgIpc) is 4.09. The fraction of sp³-hybridized carbons (Fsp3) is 0.481. The largest absolute Gasteiger partial charge is 1.00 e. The molecular formula is C54H55Cl2F6N4NaO10. The van der Waals surface area contributed by atoms with Crippen LogP contribution in [0.2, 0.25) is 10.0 Å². The number of nitrogens with zero attached hydrogens (tertiary/aromatic N) is 4. The molecule has 0 amide bonds. The summed E-state index contributed by atoms with van der Waals surface area (Å²) in [5, 5.41) is 36.8. The summed E-state index contributed by atoms with van der Waals surface area (Å²) in [6.07, 6.45) is 2.02. The van der Waals surface area contributed by atoms with Gasteiger partial charge in [-0.3, -0.25) is 14.4 Å². The van der Waals surface area contributed by atoms with E-state index in [1.54, 1.807) is 0 Å². The number of carboxylic acids is 2. The first-order valence-electron chi connectivity index (χ1n) is 24.6. The molecule has 23 heteroatoms. The van der Waals surface area contributed by atoms with Crippen LogP contribution in [0.4, 0.5) is 26.3 Å². The Morgan fingerprint density at radius 1 is 0.623 bits per heavy atom. The van der Waals surface area contributed by atoms with Gasteiger partial charge < -0.3 is 33.1 Å². The predicted octanol–water partition coefficient (Wildman–Crippen LogP) is 10.2. The zero-order chi connectivity index (χ0) is 55.7. The summed E-state index contributed by atoms with van der Waals surface area (Å²) in [5.41, 5.74) is -0.444. The SMILES string of the molecule is CC(C)(C)C(F)(F)c1cc(-c2onc([C@@H](CCC(=O)O)CC(=O)Cc3ccc(Cl)cc3F)c2C2CC2)no1.CC(C)(C)C(F)(F)c1cc(-c2onc([C@@H](CCC(=O)[O-])CC(=O)Cc3ccc(Cl)cc3F)c2C2CC2)no1.[Na+]. The molecule has 0 unspecified atom stereocenters.